The lowest BCUT2D eigenvalue weighted by molar-refractivity contribution is -0.130. The summed E-state index contributed by atoms with van der Waals surface area (Å²) in [5.41, 5.74) is 7.41. The predicted octanol–water partition coefficient (Wildman–Crippen LogP) is 3.52. The quantitative estimate of drug-likeness (QED) is 0.913. The first-order chi connectivity index (χ1) is 10.1. The summed E-state index contributed by atoms with van der Waals surface area (Å²) in [5, 5.41) is 0.775. The van der Waals surface area contributed by atoms with Crippen LogP contribution in [0, 0.1) is 0 Å². The van der Waals surface area contributed by atoms with Gasteiger partial charge >= 0.3 is 0 Å². The van der Waals surface area contributed by atoms with Crippen LogP contribution in [0.3, 0.4) is 0 Å². The van der Waals surface area contributed by atoms with Crippen molar-refractivity contribution >= 4 is 29.9 Å². The lowest BCUT2D eigenvalue weighted by Gasteiger charge is -2.42. The van der Waals surface area contributed by atoms with Crippen LogP contribution in [-0.2, 0) is 10.2 Å². The maximum atomic E-state index is 11.9. The molecule has 1 aromatic rings. The Kier molecular flexibility index (Phi) is 5.76. The number of amides is 1. The highest BCUT2D eigenvalue weighted by Gasteiger charge is 2.39. The third kappa shape index (κ3) is 3.27. The number of hydrogen-bond donors (Lipinski definition) is 1. The number of carbonyl (C=O) groups excluding carboxylic acids is 1. The molecule has 0 unspecified atom stereocenters. The van der Waals surface area contributed by atoms with Crippen molar-refractivity contribution in [3.63, 3.8) is 0 Å². The van der Waals surface area contributed by atoms with Crippen LogP contribution in [0.15, 0.2) is 24.3 Å². The fourth-order valence-corrected chi connectivity index (χ4v) is 4.14. The van der Waals surface area contributed by atoms with Gasteiger partial charge in [-0.15, -0.1) is 12.4 Å². The topological polar surface area (TPSA) is 46.3 Å². The molecule has 0 bridgehead atoms. The first-order valence-electron chi connectivity index (χ1n) is 7.90. The molecule has 3 rings (SSSR count). The Labute approximate surface area is 143 Å². The highest BCUT2D eigenvalue weighted by atomic mass is 35.5. The fraction of sp³-hybridized carbons (Fsp3) is 0.588. The molecule has 0 atom stereocenters. The molecule has 1 amide bonds. The molecule has 1 saturated heterocycles. The molecule has 122 valence electrons. The molecule has 2 N–H and O–H groups in total. The van der Waals surface area contributed by atoms with Gasteiger partial charge < -0.3 is 10.6 Å². The van der Waals surface area contributed by atoms with Crippen LogP contribution in [0.25, 0.3) is 0 Å². The summed E-state index contributed by atoms with van der Waals surface area (Å²) in [4.78, 5) is 14.0. The van der Waals surface area contributed by atoms with Crippen molar-refractivity contribution in [3.8, 4) is 0 Å². The van der Waals surface area contributed by atoms with E-state index in [1.54, 1.807) is 0 Å². The minimum absolute atomic E-state index is 0. The van der Waals surface area contributed by atoms with Gasteiger partial charge in [-0.1, -0.05) is 23.7 Å². The minimum Gasteiger partial charge on any atom is -0.340 e. The van der Waals surface area contributed by atoms with E-state index in [-0.39, 0.29) is 17.8 Å². The number of halogens is 2. The van der Waals surface area contributed by atoms with Gasteiger partial charge in [-0.25, -0.2) is 0 Å². The number of nitrogens with two attached hydrogens (primary N) is 1. The van der Waals surface area contributed by atoms with Crippen LogP contribution >= 0.6 is 24.0 Å². The molecule has 0 radical (unpaired) electrons. The summed E-state index contributed by atoms with van der Waals surface area (Å²) in [6.45, 7) is 1.59. The van der Waals surface area contributed by atoms with Crippen LogP contribution in [0.5, 0.6) is 0 Å². The summed E-state index contributed by atoms with van der Waals surface area (Å²) in [6.07, 6.45) is 5.93. The van der Waals surface area contributed by atoms with Crippen molar-refractivity contribution in [1.29, 1.82) is 0 Å². The van der Waals surface area contributed by atoms with E-state index >= 15 is 0 Å². The van der Waals surface area contributed by atoms with Crippen molar-refractivity contribution in [2.45, 2.75) is 50.0 Å². The predicted molar refractivity (Wildman–Crippen MR) is 92.6 cm³/mol. The molecule has 1 heterocycles. The van der Waals surface area contributed by atoms with Crippen LogP contribution in [0.1, 0.15) is 44.1 Å². The average Bonchev–Trinajstić information content (AvgIpc) is 2.93. The molecule has 3 nitrogen and oxygen atoms in total. The van der Waals surface area contributed by atoms with E-state index < -0.39 is 0 Å². The summed E-state index contributed by atoms with van der Waals surface area (Å²) in [6, 6.07) is 8.52. The van der Waals surface area contributed by atoms with Crippen LogP contribution < -0.4 is 5.73 Å². The average molecular weight is 343 g/mol. The van der Waals surface area contributed by atoms with Crippen LogP contribution in [0.2, 0.25) is 5.02 Å². The van der Waals surface area contributed by atoms with Gasteiger partial charge in [0.25, 0.3) is 0 Å². The molecule has 5 heteroatoms. The smallest absolute Gasteiger partial charge is 0.222 e. The third-order valence-corrected chi connectivity index (χ3v) is 5.53. The number of rotatable bonds is 3. The number of benzene rings is 1. The molecule has 0 spiro atoms. The monoisotopic (exact) mass is 342 g/mol. The van der Waals surface area contributed by atoms with Gasteiger partial charge in [0.2, 0.25) is 5.91 Å². The highest BCUT2D eigenvalue weighted by Crippen LogP contribution is 2.41. The lowest BCUT2D eigenvalue weighted by atomic mass is 9.68. The van der Waals surface area contributed by atoms with E-state index in [1.165, 1.54) is 5.56 Å². The number of likely N-dealkylation sites (tertiary alicyclic amines) is 1. The lowest BCUT2D eigenvalue weighted by Crippen LogP contribution is -2.45. The van der Waals surface area contributed by atoms with Crippen LogP contribution in [-0.4, -0.2) is 29.9 Å². The zero-order valence-electron chi connectivity index (χ0n) is 12.8. The van der Waals surface area contributed by atoms with Gasteiger partial charge in [-0.05, 0) is 49.8 Å². The summed E-state index contributed by atoms with van der Waals surface area (Å²) < 4.78 is 0. The Morgan fingerprint density at radius 3 is 2.59 bits per heavy atom. The number of hydrogen-bond acceptors (Lipinski definition) is 2. The van der Waals surface area contributed by atoms with E-state index in [0.717, 1.165) is 50.1 Å². The molecule has 2 aliphatic rings. The van der Waals surface area contributed by atoms with Crippen molar-refractivity contribution in [1.82, 2.24) is 4.90 Å². The molecule has 1 aromatic carbocycles. The second-order valence-corrected chi connectivity index (χ2v) is 6.85. The Hall–Kier alpha value is -0.770. The standard InChI is InChI=1S/C17H23ClN2O.ClH/c18-14-4-1-3-13(11-14)17(12-19)8-6-15(7-9-17)20-10-2-5-16(20)21;/h1,3-4,11,15H,2,5-10,12,19H2;1H. The molecule has 22 heavy (non-hydrogen) atoms. The summed E-state index contributed by atoms with van der Waals surface area (Å²) >= 11 is 6.14. The van der Waals surface area contributed by atoms with Crippen LogP contribution in [0.4, 0.5) is 0 Å². The molecule has 1 aliphatic heterocycles. The van der Waals surface area contributed by atoms with E-state index in [9.17, 15) is 4.79 Å². The Bertz CT molecular complexity index is 527. The zero-order valence-corrected chi connectivity index (χ0v) is 14.3. The Morgan fingerprint density at radius 2 is 2.05 bits per heavy atom. The summed E-state index contributed by atoms with van der Waals surface area (Å²) in [7, 11) is 0. The molecule has 0 aromatic heterocycles. The maximum Gasteiger partial charge on any atom is 0.222 e. The normalized spacial score (nSPS) is 28.5. The SMILES string of the molecule is Cl.NCC1(c2cccc(Cl)c2)CCC(N2CCCC2=O)CC1. The van der Waals surface area contributed by atoms with Gasteiger partial charge in [0, 0.05) is 36.0 Å². The Morgan fingerprint density at radius 1 is 1.32 bits per heavy atom. The van der Waals surface area contributed by atoms with E-state index in [2.05, 4.69) is 17.0 Å². The zero-order chi connectivity index (χ0) is 14.9. The second-order valence-electron chi connectivity index (χ2n) is 6.42. The van der Waals surface area contributed by atoms with Crippen molar-refractivity contribution < 1.29 is 4.79 Å². The molecular formula is C17H24Cl2N2O. The molecule has 1 aliphatic carbocycles. The van der Waals surface area contributed by atoms with Crippen molar-refractivity contribution in [2.75, 3.05) is 13.1 Å². The van der Waals surface area contributed by atoms with Gasteiger partial charge in [0.1, 0.15) is 0 Å². The molecular weight excluding hydrogens is 319 g/mol. The third-order valence-electron chi connectivity index (χ3n) is 5.29. The number of carbonyl (C=O) groups is 1. The summed E-state index contributed by atoms with van der Waals surface area (Å²) in [5.74, 6) is 0.336. The minimum atomic E-state index is 0. The molecule has 2 fully saturated rings. The largest absolute Gasteiger partial charge is 0.340 e. The van der Waals surface area contributed by atoms with E-state index in [4.69, 9.17) is 17.3 Å². The van der Waals surface area contributed by atoms with Gasteiger partial charge in [0.05, 0.1) is 0 Å². The van der Waals surface area contributed by atoms with E-state index in [1.807, 2.05) is 12.1 Å². The van der Waals surface area contributed by atoms with Gasteiger partial charge in [-0.2, -0.15) is 0 Å². The fourth-order valence-electron chi connectivity index (χ4n) is 3.95. The van der Waals surface area contributed by atoms with Gasteiger partial charge in [0.15, 0.2) is 0 Å². The van der Waals surface area contributed by atoms with Gasteiger partial charge in [-0.3, -0.25) is 4.79 Å². The first-order valence-corrected chi connectivity index (χ1v) is 8.28. The maximum absolute atomic E-state index is 11.9. The van der Waals surface area contributed by atoms with Crippen molar-refractivity contribution in [3.05, 3.63) is 34.9 Å². The second kappa shape index (κ2) is 7.20. The Balaban J connectivity index is 0.00000176. The van der Waals surface area contributed by atoms with E-state index in [0.29, 0.717) is 18.5 Å². The molecule has 1 saturated carbocycles. The highest BCUT2D eigenvalue weighted by molar-refractivity contribution is 6.30. The van der Waals surface area contributed by atoms with Crippen molar-refractivity contribution in [2.24, 2.45) is 5.73 Å². The number of nitrogens with zero attached hydrogens (tertiary/aromatic N) is 1. The first kappa shape index (κ1) is 17.6.